The summed E-state index contributed by atoms with van der Waals surface area (Å²) < 4.78 is 0. The van der Waals surface area contributed by atoms with Crippen LogP contribution in [0.2, 0.25) is 0 Å². The summed E-state index contributed by atoms with van der Waals surface area (Å²) in [7, 11) is -1.65. The van der Waals surface area contributed by atoms with Crippen LogP contribution in [0.4, 0.5) is 0 Å². The molecule has 0 bridgehead atoms. The van der Waals surface area contributed by atoms with E-state index in [1.165, 1.54) is 25.7 Å². The van der Waals surface area contributed by atoms with Gasteiger partial charge in [-0.25, -0.2) is 0 Å². The first kappa shape index (κ1) is 18.9. The van der Waals surface area contributed by atoms with Gasteiger partial charge in [0.2, 0.25) is 11.6 Å². The minimum atomic E-state index is -0.823. The third kappa shape index (κ3) is 3.08. The Morgan fingerprint density at radius 1 is 0.682 bits per heavy atom. The van der Waals surface area contributed by atoms with E-state index in [1.54, 1.807) is 0 Å². The van der Waals surface area contributed by atoms with Gasteiger partial charge in [0.25, 0.3) is 0 Å². The van der Waals surface area contributed by atoms with Gasteiger partial charge in [-0.05, 0) is 53.4 Å². The van der Waals surface area contributed by atoms with Crippen molar-refractivity contribution in [3.8, 4) is 0 Å². The van der Waals surface area contributed by atoms with Crippen molar-refractivity contribution in [1.82, 2.24) is 0 Å². The second-order valence-corrected chi connectivity index (χ2v) is 14.2. The van der Waals surface area contributed by atoms with Crippen molar-refractivity contribution in [2.24, 2.45) is 0 Å². The van der Waals surface area contributed by atoms with Crippen molar-refractivity contribution in [2.75, 3.05) is 0 Å². The van der Waals surface area contributed by atoms with E-state index in [-0.39, 0.29) is 37.5 Å². The van der Waals surface area contributed by atoms with Crippen molar-refractivity contribution in [3.63, 3.8) is 0 Å². The molecule has 1 radical (unpaired) electrons. The zero-order valence-electron chi connectivity index (χ0n) is 14.0. The second-order valence-electron chi connectivity index (χ2n) is 7.44. The molecule has 2 heterocycles. The topological polar surface area (TPSA) is 34.1 Å². The second kappa shape index (κ2) is 7.21. The van der Waals surface area contributed by atoms with Crippen molar-refractivity contribution >= 4 is 27.4 Å². The van der Waals surface area contributed by atoms with Crippen molar-refractivity contribution in [1.29, 1.82) is 0 Å². The van der Waals surface area contributed by atoms with Crippen molar-refractivity contribution in [3.05, 3.63) is 10.6 Å². The van der Waals surface area contributed by atoms with E-state index in [9.17, 15) is 9.59 Å². The Labute approximate surface area is 149 Å². The molecule has 3 rings (SSSR count). The largest absolute Gasteiger partial charge is 0.290 e. The summed E-state index contributed by atoms with van der Waals surface area (Å²) in [6.07, 6.45) is 5.20. The smallest absolute Gasteiger partial charge is 0.209 e. The Bertz CT molecular complexity index is 453. The molecule has 0 spiro atoms. The fraction of sp³-hybridized carbons (Fsp3) is 0.765. The number of Topliss-reactive ketones (excluding diaryl/α,β-unsaturated/α-hetero) is 2. The molecule has 0 aromatic rings. The van der Waals surface area contributed by atoms with Gasteiger partial charge in [-0.2, -0.15) is 0 Å². The summed E-state index contributed by atoms with van der Waals surface area (Å²) in [6, 6.07) is 0. The van der Waals surface area contributed by atoms with Gasteiger partial charge in [0, 0.05) is 35.3 Å². The Kier molecular flexibility index (Phi) is 6.19. The first-order valence-electron chi connectivity index (χ1n) is 8.46. The fourth-order valence-electron chi connectivity index (χ4n) is 4.79. The maximum absolute atomic E-state index is 12.6. The van der Waals surface area contributed by atoms with Crippen molar-refractivity contribution < 1.29 is 29.1 Å². The van der Waals surface area contributed by atoms with Gasteiger partial charge in [-0.15, -0.1) is 0 Å². The summed E-state index contributed by atoms with van der Waals surface area (Å²) in [5, 5.41) is 2.22. The summed E-state index contributed by atoms with van der Waals surface area (Å²) in [4.78, 5) is 25.2. The molecule has 125 valence electrons. The Balaban J connectivity index is 0.00000176. The molecule has 0 N–H and O–H groups in total. The first-order valence-corrected chi connectivity index (χ1v) is 11.8. The number of ketones is 2. The normalized spacial score (nSPS) is 37.3. The number of rotatable bonds is 2. The van der Waals surface area contributed by atoms with E-state index in [4.69, 9.17) is 0 Å². The molecular weight excluding hydrogens is 401 g/mol. The van der Waals surface area contributed by atoms with E-state index in [2.05, 4.69) is 27.7 Å². The minimum absolute atomic E-state index is 0. The van der Waals surface area contributed by atoms with Gasteiger partial charge >= 0.3 is 0 Å². The van der Waals surface area contributed by atoms with Crippen LogP contribution >= 0.6 is 15.8 Å². The quantitative estimate of drug-likeness (QED) is 0.373. The zero-order chi connectivity index (χ0) is 15.3. The molecule has 2 saturated heterocycles. The molecule has 5 heteroatoms. The molecule has 2 fully saturated rings. The number of carbonyl (C=O) groups is 2. The fourth-order valence-corrected chi connectivity index (χ4v) is 13.2. The van der Waals surface area contributed by atoms with Gasteiger partial charge in [-0.1, -0.05) is 0 Å². The molecular formula is C17H28O2P2Rh+2. The zero-order valence-corrected chi connectivity index (χ0v) is 17.6. The van der Waals surface area contributed by atoms with E-state index in [1.807, 2.05) is 0 Å². The predicted molar refractivity (Wildman–Crippen MR) is 94.6 cm³/mol. The molecule has 0 saturated carbocycles. The van der Waals surface area contributed by atoms with Crippen LogP contribution in [0.1, 0.15) is 59.8 Å². The molecule has 0 aromatic heterocycles. The van der Waals surface area contributed by atoms with Gasteiger partial charge < -0.3 is 0 Å². The maximum Gasteiger partial charge on any atom is 0.209 e. The van der Waals surface area contributed by atoms with Crippen LogP contribution in [0.3, 0.4) is 0 Å². The van der Waals surface area contributed by atoms with Crippen LogP contribution in [0, 0.1) is 0 Å². The summed E-state index contributed by atoms with van der Waals surface area (Å²) >= 11 is 0. The monoisotopic (exact) mass is 429 g/mol. The molecule has 2 nitrogen and oxygen atoms in total. The first-order chi connectivity index (χ1) is 9.91. The van der Waals surface area contributed by atoms with Crippen LogP contribution < -0.4 is 0 Å². The summed E-state index contributed by atoms with van der Waals surface area (Å²) in [5.41, 5.74) is 2.66. The van der Waals surface area contributed by atoms with E-state index >= 15 is 0 Å². The van der Waals surface area contributed by atoms with Gasteiger partial charge in [0.15, 0.2) is 10.6 Å². The van der Waals surface area contributed by atoms with Crippen LogP contribution in [0.15, 0.2) is 10.6 Å². The average Bonchev–Trinajstić information content (AvgIpc) is 3.00. The van der Waals surface area contributed by atoms with E-state index in [0.717, 1.165) is 10.6 Å². The van der Waals surface area contributed by atoms with Crippen LogP contribution in [0.25, 0.3) is 0 Å². The molecule has 2 aliphatic heterocycles. The third-order valence-corrected chi connectivity index (χ3v) is 13.8. The predicted octanol–water partition coefficient (Wildman–Crippen LogP) is 4.31. The molecule has 0 unspecified atom stereocenters. The molecule has 3 aliphatic rings. The van der Waals surface area contributed by atoms with Gasteiger partial charge in [-0.3, -0.25) is 9.59 Å². The number of hydrogen-bond acceptors (Lipinski definition) is 2. The summed E-state index contributed by atoms with van der Waals surface area (Å²) in [6.45, 7) is 9.27. The number of allylic oxidation sites excluding steroid dienone is 2. The van der Waals surface area contributed by atoms with Crippen molar-refractivity contribution in [2.45, 2.75) is 82.4 Å². The molecule has 1 aliphatic carbocycles. The molecule has 22 heavy (non-hydrogen) atoms. The van der Waals surface area contributed by atoms with E-state index in [0.29, 0.717) is 22.6 Å². The van der Waals surface area contributed by atoms with Gasteiger partial charge in [0.05, 0.1) is 29.1 Å². The Hall–Kier alpha value is 0.563. The molecule has 4 atom stereocenters. The van der Waals surface area contributed by atoms with Gasteiger partial charge in [0.1, 0.15) is 0 Å². The van der Waals surface area contributed by atoms with E-state index < -0.39 is 15.8 Å². The van der Waals surface area contributed by atoms with Crippen LogP contribution in [-0.4, -0.2) is 34.2 Å². The Morgan fingerprint density at radius 3 is 1.23 bits per heavy atom. The number of carbonyl (C=O) groups excluding carboxylic acids is 2. The minimum Gasteiger partial charge on any atom is -0.290 e. The molecule has 0 amide bonds. The van der Waals surface area contributed by atoms with Crippen LogP contribution in [-0.2, 0) is 29.1 Å². The SMILES string of the molecule is C[C@@H]1CC[C@@H](C)[PH+]1C1=C([PH+]2[C@H](C)CC[C@H]2C)C(=O)CC1=O.[Rh]. The summed E-state index contributed by atoms with van der Waals surface area (Å²) in [5.74, 6) is 0.432. The van der Waals surface area contributed by atoms with Crippen LogP contribution in [0.5, 0.6) is 0 Å². The third-order valence-electron chi connectivity index (χ3n) is 5.90. The standard InChI is InChI=1S/C17H26O2P2.Rh/c1-10-5-6-11(2)20(10)16-14(18)9-15(19)17(16)21-12(3)7-8-13(21)4;/h10-13H,5-9H2,1-4H3;/p+2/t10-,11-,12-,13-;/m1./s1. The molecule has 0 aromatic carbocycles. The number of hydrogen-bond donors (Lipinski definition) is 0. The maximum atomic E-state index is 12.6. The Morgan fingerprint density at radius 2 is 0.955 bits per heavy atom. The average molecular weight is 429 g/mol.